The number of rotatable bonds is 7. The lowest BCUT2D eigenvalue weighted by Gasteiger charge is -2.13. The maximum Gasteiger partial charge on any atom is 0.129 e. The number of ether oxygens (including phenoxy) is 1. The Morgan fingerprint density at radius 3 is 2.47 bits per heavy atom. The fourth-order valence-corrected chi connectivity index (χ4v) is 1.43. The number of nitrogens with one attached hydrogen (secondary N) is 1. The van der Waals surface area contributed by atoms with Crippen LogP contribution in [0.2, 0.25) is 0 Å². The molecule has 2 nitrogen and oxygen atoms in total. The van der Waals surface area contributed by atoms with Gasteiger partial charge in [-0.1, -0.05) is 13.8 Å². The predicted molar refractivity (Wildman–Crippen MR) is 64.2 cm³/mol. The maximum absolute atomic E-state index is 12.9. The van der Waals surface area contributed by atoms with E-state index in [4.69, 9.17) is 4.74 Å². The Morgan fingerprint density at radius 2 is 1.88 bits per heavy atom. The molecule has 1 aromatic carbocycles. The highest BCUT2D eigenvalue weighted by Crippen LogP contribution is 2.15. The molecule has 0 aliphatic carbocycles. The van der Waals surface area contributed by atoms with Crippen molar-refractivity contribution in [1.82, 2.24) is 5.32 Å². The van der Waals surface area contributed by atoms with Gasteiger partial charge in [0.15, 0.2) is 0 Å². The number of hydrogen-bond donors (Lipinski definition) is 1. The van der Waals surface area contributed by atoms with Gasteiger partial charge in [-0.3, -0.25) is 0 Å². The molecular weight excluding hydrogens is 224 g/mol. The summed E-state index contributed by atoms with van der Waals surface area (Å²) in [6.07, 6.45) is 1.09. The van der Waals surface area contributed by atoms with Gasteiger partial charge in [0.05, 0.1) is 6.61 Å². The van der Waals surface area contributed by atoms with Gasteiger partial charge in [-0.2, -0.15) is 0 Å². The first kappa shape index (κ1) is 13.9. The highest BCUT2D eigenvalue weighted by Gasteiger charge is 2.05. The van der Waals surface area contributed by atoms with Gasteiger partial charge in [-0.15, -0.1) is 0 Å². The van der Waals surface area contributed by atoms with Crippen molar-refractivity contribution in [3.05, 3.63) is 29.8 Å². The van der Waals surface area contributed by atoms with Crippen LogP contribution in [0.5, 0.6) is 5.75 Å². The minimum absolute atomic E-state index is 0.241. The molecule has 0 bridgehead atoms. The first-order valence-electron chi connectivity index (χ1n) is 5.91. The van der Waals surface area contributed by atoms with E-state index in [1.807, 2.05) is 6.92 Å². The van der Waals surface area contributed by atoms with Crippen LogP contribution in [-0.2, 0) is 0 Å². The first-order chi connectivity index (χ1) is 8.11. The summed E-state index contributed by atoms with van der Waals surface area (Å²) in [4.78, 5) is 0. The minimum Gasteiger partial charge on any atom is -0.493 e. The van der Waals surface area contributed by atoms with Gasteiger partial charge in [0.25, 0.3) is 0 Å². The summed E-state index contributed by atoms with van der Waals surface area (Å²) in [6.45, 7) is 6.38. The Balaban J connectivity index is 2.34. The van der Waals surface area contributed by atoms with Crippen molar-refractivity contribution in [3.8, 4) is 5.75 Å². The molecule has 96 valence electrons. The van der Waals surface area contributed by atoms with Crippen LogP contribution < -0.4 is 10.1 Å². The van der Waals surface area contributed by atoms with E-state index in [9.17, 15) is 8.78 Å². The fraction of sp³-hybridized carbons (Fsp3) is 0.538. The number of hydrogen-bond acceptors (Lipinski definition) is 2. The maximum atomic E-state index is 12.9. The highest BCUT2D eigenvalue weighted by molar-refractivity contribution is 5.23. The molecule has 0 spiro atoms. The Kier molecular flexibility index (Phi) is 5.91. The second kappa shape index (κ2) is 7.22. The van der Waals surface area contributed by atoms with Crippen molar-refractivity contribution in [2.75, 3.05) is 19.7 Å². The lowest BCUT2D eigenvalue weighted by Crippen LogP contribution is -2.25. The molecule has 0 aliphatic rings. The Labute approximate surface area is 101 Å². The van der Waals surface area contributed by atoms with Crippen LogP contribution in [0, 0.1) is 17.6 Å². The molecule has 0 aliphatic heterocycles. The topological polar surface area (TPSA) is 21.3 Å². The molecule has 1 rings (SSSR count). The van der Waals surface area contributed by atoms with E-state index in [1.54, 1.807) is 0 Å². The van der Waals surface area contributed by atoms with Crippen LogP contribution in [0.1, 0.15) is 20.3 Å². The van der Waals surface area contributed by atoms with E-state index in [0.717, 1.165) is 25.6 Å². The summed E-state index contributed by atoms with van der Waals surface area (Å²) < 4.78 is 31.1. The van der Waals surface area contributed by atoms with Crippen LogP contribution >= 0.6 is 0 Å². The second-order valence-corrected chi connectivity index (χ2v) is 4.23. The Morgan fingerprint density at radius 1 is 1.24 bits per heavy atom. The summed E-state index contributed by atoms with van der Waals surface area (Å²) in [5.74, 6) is -0.689. The molecule has 1 unspecified atom stereocenters. The van der Waals surface area contributed by atoms with Gasteiger partial charge in [0.2, 0.25) is 0 Å². The molecule has 0 saturated carbocycles. The van der Waals surface area contributed by atoms with E-state index >= 15 is 0 Å². The van der Waals surface area contributed by atoms with Gasteiger partial charge >= 0.3 is 0 Å². The molecule has 1 atom stereocenters. The van der Waals surface area contributed by atoms with Crippen molar-refractivity contribution in [2.45, 2.75) is 20.3 Å². The fourth-order valence-electron chi connectivity index (χ4n) is 1.43. The highest BCUT2D eigenvalue weighted by atomic mass is 19.1. The molecule has 0 radical (unpaired) electrons. The minimum atomic E-state index is -0.614. The number of benzene rings is 1. The van der Waals surface area contributed by atoms with Crippen molar-refractivity contribution in [1.29, 1.82) is 0 Å². The molecule has 0 saturated heterocycles. The molecule has 0 aromatic heterocycles. The normalized spacial score (nSPS) is 12.5. The van der Waals surface area contributed by atoms with Crippen LogP contribution in [0.3, 0.4) is 0 Å². The average molecular weight is 243 g/mol. The van der Waals surface area contributed by atoms with E-state index in [0.29, 0.717) is 12.5 Å². The Bertz CT molecular complexity index is 324. The van der Waals surface area contributed by atoms with Crippen molar-refractivity contribution >= 4 is 0 Å². The molecule has 0 amide bonds. The molecule has 17 heavy (non-hydrogen) atoms. The smallest absolute Gasteiger partial charge is 0.129 e. The third kappa shape index (κ3) is 5.63. The summed E-state index contributed by atoms with van der Waals surface area (Å²) >= 11 is 0. The Hall–Kier alpha value is -1.16. The SMILES string of the molecule is CCCNCC(C)COc1cc(F)cc(F)c1. The van der Waals surface area contributed by atoms with Crippen LogP contribution in [0.25, 0.3) is 0 Å². The van der Waals surface area contributed by atoms with Gasteiger partial charge in [0, 0.05) is 30.7 Å². The zero-order chi connectivity index (χ0) is 12.7. The molecule has 1 aromatic rings. The second-order valence-electron chi connectivity index (χ2n) is 4.23. The largest absolute Gasteiger partial charge is 0.493 e. The van der Waals surface area contributed by atoms with E-state index in [1.165, 1.54) is 12.1 Å². The summed E-state index contributed by atoms with van der Waals surface area (Å²) in [6, 6.07) is 3.21. The summed E-state index contributed by atoms with van der Waals surface area (Å²) in [5, 5.41) is 3.27. The van der Waals surface area contributed by atoms with Crippen LogP contribution in [0.4, 0.5) is 8.78 Å². The van der Waals surface area contributed by atoms with Gasteiger partial charge in [-0.05, 0) is 13.0 Å². The third-order valence-corrected chi connectivity index (χ3v) is 2.29. The average Bonchev–Trinajstić information content (AvgIpc) is 2.25. The van der Waals surface area contributed by atoms with E-state index < -0.39 is 11.6 Å². The zero-order valence-electron chi connectivity index (χ0n) is 10.3. The van der Waals surface area contributed by atoms with Gasteiger partial charge in [-0.25, -0.2) is 8.78 Å². The molecule has 0 fully saturated rings. The molecule has 0 heterocycles. The predicted octanol–water partition coefficient (Wildman–Crippen LogP) is 2.98. The zero-order valence-corrected chi connectivity index (χ0v) is 10.3. The van der Waals surface area contributed by atoms with Crippen molar-refractivity contribution < 1.29 is 13.5 Å². The standard InChI is InChI=1S/C13H19F2NO/c1-3-4-16-8-10(2)9-17-13-6-11(14)5-12(15)7-13/h5-7,10,16H,3-4,8-9H2,1-2H3. The quantitative estimate of drug-likeness (QED) is 0.743. The monoisotopic (exact) mass is 243 g/mol. The first-order valence-corrected chi connectivity index (χ1v) is 5.91. The van der Waals surface area contributed by atoms with E-state index in [2.05, 4.69) is 12.2 Å². The number of halogens is 2. The van der Waals surface area contributed by atoms with Crippen molar-refractivity contribution in [3.63, 3.8) is 0 Å². The lowest BCUT2D eigenvalue weighted by molar-refractivity contribution is 0.254. The molecule has 1 N–H and O–H groups in total. The van der Waals surface area contributed by atoms with Crippen LogP contribution in [0.15, 0.2) is 18.2 Å². The summed E-state index contributed by atoms with van der Waals surface area (Å²) in [5.41, 5.74) is 0. The van der Waals surface area contributed by atoms with Crippen LogP contribution in [-0.4, -0.2) is 19.7 Å². The van der Waals surface area contributed by atoms with Crippen molar-refractivity contribution in [2.24, 2.45) is 5.92 Å². The van der Waals surface area contributed by atoms with E-state index in [-0.39, 0.29) is 5.75 Å². The molecule has 4 heteroatoms. The molecular formula is C13H19F2NO. The summed E-state index contributed by atoms with van der Waals surface area (Å²) in [7, 11) is 0. The van der Waals surface area contributed by atoms with Gasteiger partial charge < -0.3 is 10.1 Å². The third-order valence-electron chi connectivity index (χ3n) is 2.29. The van der Waals surface area contributed by atoms with Gasteiger partial charge in [0.1, 0.15) is 17.4 Å². The lowest BCUT2D eigenvalue weighted by atomic mass is 10.2.